The van der Waals surface area contributed by atoms with Crippen molar-refractivity contribution in [1.29, 1.82) is 0 Å². The number of ether oxygens (including phenoxy) is 6. The minimum Gasteiger partial charge on any atom is -0.493 e. The van der Waals surface area contributed by atoms with Crippen molar-refractivity contribution in [2.45, 2.75) is 26.4 Å². The molecule has 0 bridgehead atoms. The number of methoxy groups -OCH3 is 4. The Morgan fingerprint density at radius 3 is 2.20 bits per heavy atom. The molecule has 0 saturated carbocycles. The van der Waals surface area contributed by atoms with Crippen LogP contribution >= 0.6 is 0 Å². The molecule has 0 fully saturated rings. The summed E-state index contributed by atoms with van der Waals surface area (Å²) in [5.74, 6) is 3.40. The summed E-state index contributed by atoms with van der Waals surface area (Å²) < 4.78 is 34.2. The summed E-state index contributed by atoms with van der Waals surface area (Å²) in [7, 11) is 6.31. The lowest BCUT2D eigenvalue weighted by Gasteiger charge is -2.33. The highest BCUT2D eigenvalue weighted by Gasteiger charge is 2.37. The molecule has 1 aliphatic carbocycles. The van der Waals surface area contributed by atoms with Gasteiger partial charge in [0.2, 0.25) is 18.3 Å². The Labute approximate surface area is 176 Å². The molecule has 162 valence electrons. The van der Waals surface area contributed by atoms with Gasteiger partial charge in [0.25, 0.3) is 0 Å². The van der Waals surface area contributed by atoms with Gasteiger partial charge in [-0.2, -0.15) is 0 Å². The van der Waals surface area contributed by atoms with E-state index in [1.807, 2.05) is 12.1 Å². The molecule has 1 aliphatic heterocycles. The third-order valence-corrected chi connectivity index (χ3v) is 6.27. The number of aliphatic hydroxyl groups is 1. The highest BCUT2D eigenvalue weighted by Crippen LogP contribution is 2.57. The highest BCUT2D eigenvalue weighted by atomic mass is 16.7. The van der Waals surface area contributed by atoms with E-state index in [1.54, 1.807) is 28.4 Å². The number of rotatable bonds is 4. The van der Waals surface area contributed by atoms with Gasteiger partial charge in [0, 0.05) is 11.1 Å². The zero-order valence-corrected chi connectivity index (χ0v) is 18.2. The van der Waals surface area contributed by atoms with Crippen molar-refractivity contribution in [3.05, 3.63) is 23.3 Å². The fraction of sp³-hybridized carbons (Fsp3) is 0.478. The predicted octanol–water partition coefficient (Wildman–Crippen LogP) is 3.98. The van der Waals surface area contributed by atoms with Gasteiger partial charge >= 0.3 is 0 Å². The summed E-state index contributed by atoms with van der Waals surface area (Å²) in [6.07, 6.45) is 0.00399. The quantitative estimate of drug-likeness (QED) is 0.808. The number of fused-ring (bicyclic) bond motifs is 4. The fourth-order valence-electron chi connectivity index (χ4n) is 4.49. The van der Waals surface area contributed by atoms with Crippen molar-refractivity contribution < 1.29 is 33.5 Å². The topological polar surface area (TPSA) is 75.6 Å². The van der Waals surface area contributed by atoms with Crippen LogP contribution in [0.2, 0.25) is 0 Å². The minimum atomic E-state index is -0.730. The molecular weight excluding hydrogens is 388 g/mol. The molecule has 7 heteroatoms. The lowest BCUT2D eigenvalue weighted by Crippen LogP contribution is -2.22. The third-order valence-electron chi connectivity index (χ3n) is 6.27. The Morgan fingerprint density at radius 2 is 1.57 bits per heavy atom. The van der Waals surface area contributed by atoms with E-state index in [4.69, 9.17) is 28.4 Å². The largest absolute Gasteiger partial charge is 0.493 e. The fourth-order valence-corrected chi connectivity index (χ4v) is 4.49. The van der Waals surface area contributed by atoms with Gasteiger partial charge in [-0.25, -0.2) is 0 Å². The SMILES string of the molecule is COc1cc2c(c(OC)c1OC)-c1c(cc3c(c1OC)OCO3)C[C@H](C)[C@H](C)C2O. The first-order chi connectivity index (χ1) is 14.5. The molecule has 1 heterocycles. The van der Waals surface area contributed by atoms with Crippen molar-refractivity contribution in [3.8, 4) is 45.6 Å². The molecule has 0 amide bonds. The van der Waals surface area contributed by atoms with Crippen molar-refractivity contribution in [1.82, 2.24) is 0 Å². The maximum absolute atomic E-state index is 11.3. The van der Waals surface area contributed by atoms with E-state index in [0.717, 1.165) is 17.5 Å². The van der Waals surface area contributed by atoms with Gasteiger partial charge in [0.15, 0.2) is 23.0 Å². The first-order valence-electron chi connectivity index (χ1n) is 9.97. The number of benzene rings is 2. The molecular formula is C23H28O7. The molecule has 0 spiro atoms. The second-order valence-electron chi connectivity index (χ2n) is 7.77. The van der Waals surface area contributed by atoms with Gasteiger partial charge in [-0.1, -0.05) is 13.8 Å². The first kappa shape index (κ1) is 20.5. The average molecular weight is 416 g/mol. The van der Waals surface area contributed by atoms with Crippen LogP contribution in [0.5, 0.6) is 34.5 Å². The molecule has 4 rings (SSSR count). The average Bonchev–Trinajstić information content (AvgIpc) is 3.23. The summed E-state index contributed by atoms with van der Waals surface area (Å²) in [4.78, 5) is 0. The zero-order valence-electron chi connectivity index (χ0n) is 18.2. The van der Waals surface area contributed by atoms with E-state index in [1.165, 1.54) is 0 Å². The maximum atomic E-state index is 11.3. The van der Waals surface area contributed by atoms with Gasteiger partial charge in [-0.15, -0.1) is 0 Å². The third kappa shape index (κ3) is 2.91. The second-order valence-corrected chi connectivity index (χ2v) is 7.77. The summed E-state index contributed by atoms with van der Waals surface area (Å²) in [5, 5.41) is 11.3. The Balaban J connectivity index is 2.16. The minimum absolute atomic E-state index is 0.00359. The lowest BCUT2D eigenvalue weighted by molar-refractivity contribution is 0.0863. The van der Waals surface area contributed by atoms with Crippen LogP contribution < -0.4 is 28.4 Å². The van der Waals surface area contributed by atoms with Gasteiger partial charge < -0.3 is 33.5 Å². The standard InChI is InChI=1S/C23H28O7/c1-11-7-13-8-16-21(30-10-29-16)22(27-5)17(13)18-14(19(24)12(11)2)9-15(25-3)20(26-4)23(18)28-6/h8-9,11-12,19,24H,7,10H2,1-6H3/t11-,12-,19?/m0/s1. The van der Waals surface area contributed by atoms with Crippen LogP contribution in [0.15, 0.2) is 12.1 Å². The molecule has 30 heavy (non-hydrogen) atoms. The molecule has 1 N–H and O–H groups in total. The number of aliphatic hydroxyl groups excluding tert-OH is 1. The van der Waals surface area contributed by atoms with Gasteiger partial charge in [0.1, 0.15) is 0 Å². The smallest absolute Gasteiger partial charge is 0.231 e. The van der Waals surface area contributed by atoms with E-state index in [0.29, 0.717) is 45.6 Å². The normalized spacial score (nSPS) is 21.8. The van der Waals surface area contributed by atoms with Crippen LogP contribution in [0.25, 0.3) is 11.1 Å². The van der Waals surface area contributed by atoms with Gasteiger partial charge in [-0.3, -0.25) is 0 Å². The van der Waals surface area contributed by atoms with E-state index >= 15 is 0 Å². The number of hydrogen-bond donors (Lipinski definition) is 1. The maximum Gasteiger partial charge on any atom is 0.231 e. The van der Waals surface area contributed by atoms with E-state index in [2.05, 4.69) is 13.8 Å². The van der Waals surface area contributed by atoms with Crippen molar-refractivity contribution >= 4 is 0 Å². The summed E-state index contributed by atoms with van der Waals surface area (Å²) in [5.41, 5.74) is 3.26. The molecule has 2 aromatic rings. The van der Waals surface area contributed by atoms with Crippen LogP contribution in [0, 0.1) is 11.8 Å². The van der Waals surface area contributed by atoms with E-state index in [-0.39, 0.29) is 18.6 Å². The number of hydrogen-bond acceptors (Lipinski definition) is 7. The second kappa shape index (κ2) is 7.80. The summed E-state index contributed by atoms with van der Waals surface area (Å²) in [6, 6.07) is 3.82. The van der Waals surface area contributed by atoms with Crippen LogP contribution in [-0.2, 0) is 6.42 Å². The first-order valence-corrected chi connectivity index (χ1v) is 9.97. The molecule has 0 radical (unpaired) electrons. The molecule has 1 unspecified atom stereocenters. The highest BCUT2D eigenvalue weighted by molar-refractivity contribution is 5.88. The van der Waals surface area contributed by atoms with Crippen molar-refractivity contribution in [3.63, 3.8) is 0 Å². The van der Waals surface area contributed by atoms with Gasteiger partial charge in [-0.05, 0) is 41.5 Å². The Bertz CT molecular complexity index is 969. The van der Waals surface area contributed by atoms with Crippen LogP contribution in [0.1, 0.15) is 31.1 Å². The predicted molar refractivity (Wildman–Crippen MR) is 111 cm³/mol. The Kier molecular flexibility index (Phi) is 5.32. The van der Waals surface area contributed by atoms with E-state index in [9.17, 15) is 5.11 Å². The van der Waals surface area contributed by atoms with Crippen LogP contribution in [0.3, 0.4) is 0 Å². The molecule has 2 aromatic carbocycles. The Morgan fingerprint density at radius 1 is 0.867 bits per heavy atom. The van der Waals surface area contributed by atoms with E-state index < -0.39 is 6.10 Å². The van der Waals surface area contributed by atoms with Crippen LogP contribution in [-0.4, -0.2) is 40.3 Å². The Hall–Kier alpha value is -2.80. The monoisotopic (exact) mass is 416 g/mol. The molecule has 0 aromatic heterocycles. The zero-order chi connectivity index (χ0) is 21.6. The van der Waals surface area contributed by atoms with Crippen LogP contribution in [0.4, 0.5) is 0 Å². The van der Waals surface area contributed by atoms with Crippen molar-refractivity contribution in [2.24, 2.45) is 11.8 Å². The van der Waals surface area contributed by atoms with Gasteiger partial charge in [0.05, 0.1) is 34.5 Å². The molecule has 0 saturated heterocycles. The summed E-state index contributed by atoms with van der Waals surface area (Å²) >= 11 is 0. The molecule has 2 aliphatic rings. The van der Waals surface area contributed by atoms with Crippen molar-refractivity contribution in [2.75, 3.05) is 35.2 Å². The summed E-state index contributed by atoms with van der Waals surface area (Å²) in [6.45, 7) is 4.33. The molecule has 7 nitrogen and oxygen atoms in total. The molecule has 3 atom stereocenters. The lowest BCUT2D eigenvalue weighted by atomic mass is 9.76.